The van der Waals surface area contributed by atoms with Gasteiger partial charge in [0.2, 0.25) is 0 Å². The highest BCUT2D eigenvalue weighted by Crippen LogP contribution is 2.19. The maximum atomic E-state index is 11.1. The van der Waals surface area contributed by atoms with E-state index in [1.807, 2.05) is 42.5 Å². The van der Waals surface area contributed by atoms with Gasteiger partial charge < -0.3 is 14.1 Å². The first-order valence-electron chi connectivity index (χ1n) is 8.22. The van der Waals surface area contributed by atoms with Crippen molar-refractivity contribution in [3.05, 3.63) is 89.9 Å². The van der Waals surface area contributed by atoms with Crippen LogP contribution in [-0.2, 0) is 24.2 Å². The Morgan fingerprint density at radius 1 is 1.08 bits per heavy atom. The molecule has 4 nitrogen and oxygen atoms in total. The number of carbonyl (C=O) groups is 1. The molecule has 1 heterocycles. The molecule has 0 fully saturated rings. The molecule has 127 valence electrons. The van der Waals surface area contributed by atoms with Crippen molar-refractivity contribution in [1.29, 1.82) is 0 Å². The van der Waals surface area contributed by atoms with E-state index in [-0.39, 0.29) is 0 Å². The fourth-order valence-electron chi connectivity index (χ4n) is 2.91. The summed E-state index contributed by atoms with van der Waals surface area (Å²) in [5, 5.41) is 0. The molecule has 25 heavy (non-hydrogen) atoms. The van der Waals surface area contributed by atoms with Gasteiger partial charge in [-0.2, -0.15) is 0 Å². The molecule has 2 aromatic carbocycles. The number of hydrogen-bond donors (Lipinski definition) is 0. The average Bonchev–Trinajstić information content (AvgIpc) is 2.92. The summed E-state index contributed by atoms with van der Waals surface area (Å²) in [5.74, 6) is 1.74. The van der Waals surface area contributed by atoms with E-state index in [2.05, 4.69) is 28.6 Å². The van der Waals surface area contributed by atoms with Crippen LogP contribution in [0.4, 0.5) is 0 Å². The minimum absolute atomic E-state index is 0.316. The fourth-order valence-corrected chi connectivity index (χ4v) is 2.91. The van der Waals surface area contributed by atoms with Gasteiger partial charge in [-0.1, -0.05) is 42.5 Å². The lowest BCUT2D eigenvalue weighted by atomic mass is 10.1. The fraction of sp³-hybridized carbons (Fsp3) is 0.190. The van der Waals surface area contributed by atoms with Crippen LogP contribution < -0.4 is 4.74 Å². The van der Waals surface area contributed by atoms with Crippen molar-refractivity contribution in [2.75, 3.05) is 7.11 Å². The molecular formula is C21H21N2O2. The molecule has 0 amide bonds. The van der Waals surface area contributed by atoms with Gasteiger partial charge in [0, 0.05) is 25.1 Å². The number of hydrogen-bond acceptors (Lipinski definition) is 3. The molecule has 0 atom stereocenters. The third-order valence-corrected chi connectivity index (χ3v) is 4.22. The van der Waals surface area contributed by atoms with Crippen LogP contribution in [-0.4, -0.2) is 22.9 Å². The summed E-state index contributed by atoms with van der Waals surface area (Å²) in [7, 11) is 1.65. The molecule has 0 spiro atoms. The van der Waals surface area contributed by atoms with E-state index < -0.39 is 0 Å². The number of aldehydes is 1. The molecule has 0 aliphatic carbocycles. The predicted molar refractivity (Wildman–Crippen MR) is 97.8 cm³/mol. The Morgan fingerprint density at radius 2 is 1.80 bits per heavy atom. The van der Waals surface area contributed by atoms with Crippen molar-refractivity contribution in [1.82, 2.24) is 9.55 Å². The Kier molecular flexibility index (Phi) is 5.29. The van der Waals surface area contributed by atoms with Gasteiger partial charge in [0.25, 0.3) is 0 Å². The predicted octanol–water partition coefficient (Wildman–Crippen LogP) is 3.45. The molecule has 3 aromatic rings. The van der Waals surface area contributed by atoms with E-state index >= 15 is 0 Å². The second-order valence-electron chi connectivity index (χ2n) is 5.89. The Morgan fingerprint density at radius 3 is 2.44 bits per heavy atom. The Labute approximate surface area is 148 Å². The first kappa shape index (κ1) is 17.0. The van der Waals surface area contributed by atoms with Crippen molar-refractivity contribution in [3.63, 3.8) is 0 Å². The molecule has 0 aliphatic heterocycles. The average molecular weight is 333 g/mol. The normalized spacial score (nSPS) is 10.6. The highest BCUT2D eigenvalue weighted by molar-refractivity contribution is 5.55. The quantitative estimate of drug-likeness (QED) is 0.622. The molecular weight excluding hydrogens is 312 g/mol. The smallest absolute Gasteiger partial charge is 0.125 e. The number of benzene rings is 2. The third-order valence-electron chi connectivity index (χ3n) is 4.22. The Balaban J connectivity index is 1.94. The van der Waals surface area contributed by atoms with Crippen LogP contribution in [0, 0.1) is 6.92 Å². The van der Waals surface area contributed by atoms with Crippen LogP contribution in [0.15, 0.2) is 54.6 Å². The summed E-state index contributed by atoms with van der Waals surface area (Å²) in [6, 6.07) is 18.1. The van der Waals surface area contributed by atoms with E-state index in [0.29, 0.717) is 25.1 Å². The number of methoxy groups -OCH3 is 1. The van der Waals surface area contributed by atoms with E-state index in [1.165, 1.54) is 5.56 Å². The number of imidazole rings is 1. The lowest BCUT2D eigenvalue weighted by Crippen LogP contribution is -2.10. The third kappa shape index (κ3) is 3.97. The van der Waals surface area contributed by atoms with Crippen LogP contribution in [0.1, 0.15) is 28.3 Å². The lowest BCUT2D eigenvalue weighted by Gasteiger charge is -2.12. The molecule has 0 N–H and O–H groups in total. The standard InChI is InChI=1S/C21H21N2O2/c1-16-20(12-13-24)23(15-18-8-10-19(25-2)11-9-18)21(22-16)14-17-6-4-3-5-7-17/h3-11,13H,1,12,14-15H2,2H3. The molecule has 0 unspecified atom stereocenters. The van der Waals surface area contributed by atoms with Gasteiger partial charge in [0.05, 0.1) is 12.8 Å². The Bertz CT molecular complexity index is 836. The minimum atomic E-state index is 0.316. The number of nitrogens with zero attached hydrogens (tertiary/aromatic N) is 2. The largest absolute Gasteiger partial charge is 0.497 e. The zero-order valence-electron chi connectivity index (χ0n) is 14.3. The van der Waals surface area contributed by atoms with Crippen LogP contribution in [0.25, 0.3) is 0 Å². The molecule has 1 aromatic heterocycles. The monoisotopic (exact) mass is 333 g/mol. The molecule has 0 saturated carbocycles. The number of ether oxygens (including phenoxy) is 1. The van der Waals surface area contributed by atoms with Crippen LogP contribution >= 0.6 is 0 Å². The van der Waals surface area contributed by atoms with Gasteiger partial charge in [-0.3, -0.25) is 0 Å². The summed E-state index contributed by atoms with van der Waals surface area (Å²) in [6.07, 6.45) is 1.93. The minimum Gasteiger partial charge on any atom is -0.497 e. The summed E-state index contributed by atoms with van der Waals surface area (Å²) in [6.45, 7) is 4.67. The highest BCUT2D eigenvalue weighted by atomic mass is 16.5. The van der Waals surface area contributed by atoms with Gasteiger partial charge in [0.15, 0.2) is 0 Å². The zero-order valence-corrected chi connectivity index (χ0v) is 14.3. The van der Waals surface area contributed by atoms with Gasteiger partial charge in [-0.15, -0.1) is 0 Å². The van der Waals surface area contributed by atoms with Gasteiger partial charge in [-0.25, -0.2) is 4.98 Å². The Hall–Kier alpha value is -2.88. The van der Waals surface area contributed by atoms with Gasteiger partial charge in [-0.05, 0) is 30.2 Å². The van der Waals surface area contributed by atoms with Gasteiger partial charge in [0.1, 0.15) is 17.9 Å². The van der Waals surface area contributed by atoms with Crippen LogP contribution in [0.3, 0.4) is 0 Å². The second-order valence-corrected chi connectivity index (χ2v) is 5.89. The van der Waals surface area contributed by atoms with Crippen molar-refractivity contribution >= 4 is 6.29 Å². The number of carbonyl (C=O) groups excluding carboxylic acids is 1. The number of rotatable bonds is 7. The van der Waals surface area contributed by atoms with E-state index in [1.54, 1.807) is 7.11 Å². The molecule has 3 rings (SSSR count). The molecule has 1 radical (unpaired) electrons. The maximum Gasteiger partial charge on any atom is 0.125 e. The summed E-state index contributed by atoms with van der Waals surface area (Å²) < 4.78 is 7.32. The van der Waals surface area contributed by atoms with Crippen LogP contribution in [0.5, 0.6) is 5.75 Å². The molecule has 4 heteroatoms. The van der Waals surface area contributed by atoms with Crippen molar-refractivity contribution in [3.8, 4) is 5.75 Å². The summed E-state index contributed by atoms with van der Waals surface area (Å²) in [5.41, 5.74) is 3.85. The zero-order chi connectivity index (χ0) is 17.6. The summed E-state index contributed by atoms with van der Waals surface area (Å²) >= 11 is 0. The second kappa shape index (κ2) is 7.79. The van der Waals surface area contributed by atoms with E-state index in [0.717, 1.165) is 29.1 Å². The number of aromatic nitrogens is 2. The first-order valence-corrected chi connectivity index (χ1v) is 8.22. The van der Waals surface area contributed by atoms with Gasteiger partial charge >= 0.3 is 0 Å². The maximum absolute atomic E-state index is 11.1. The van der Waals surface area contributed by atoms with Crippen molar-refractivity contribution < 1.29 is 9.53 Å². The van der Waals surface area contributed by atoms with Crippen LogP contribution in [0.2, 0.25) is 0 Å². The molecule has 0 aliphatic rings. The SMILES string of the molecule is [CH2]c1nc(Cc2ccccc2)n(Cc2ccc(OC)cc2)c1CC=O. The summed E-state index contributed by atoms with van der Waals surface area (Å²) in [4.78, 5) is 15.7. The van der Waals surface area contributed by atoms with Crippen molar-refractivity contribution in [2.45, 2.75) is 19.4 Å². The molecule has 0 saturated heterocycles. The van der Waals surface area contributed by atoms with E-state index in [9.17, 15) is 4.79 Å². The molecule has 0 bridgehead atoms. The highest BCUT2D eigenvalue weighted by Gasteiger charge is 2.15. The van der Waals surface area contributed by atoms with Crippen molar-refractivity contribution in [2.24, 2.45) is 0 Å². The lowest BCUT2D eigenvalue weighted by molar-refractivity contribution is -0.107. The topological polar surface area (TPSA) is 44.1 Å². The first-order chi connectivity index (χ1) is 12.2. The van der Waals surface area contributed by atoms with E-state index in [4.69, 9.17) is 4.74 Å².